The van der Waals surface area contributed by atoms with Gasteiger partial charge in [0.05, 0.1) is 18.8 Å². The van der Waals surface area contributed by atoms with Gasteiger partial charge in [-0.1, -0.05) is 40.9 Å². The van der Waals surface area contributed by atoms with Gasteiger partial charge in [-0.15, -0.1) is 5.10 Å². The molecule has 1 aliphatic rings. The van der Waals surface area contributed by atoms with Crippen molar-refractivity contribution in [2.75, 3.05) is 0 Å². The first-order chi connectivity index (χ1) is 9.69. The van der Waals surface area contributed by atoms with Gasteiger partial charge < -0.3 is 5.11 Å². The molecule has 1 aliphatic carbocycles. The molecule has 1 fully saturated rings. The fraction of sp³-hybridized carbons (Fsp3) is 0.429. The monoisotopic (exact) mass is 311 g/mol. The predicted octanol–water partition coefficient (Wildman–Crippen LogP) is 3.39. The van der Waals surface area contributed by atoms with E-state index in [9.17, 15) is 5.11 Å². The van der Waals surface area contributed by atoms with E-state index in [0.717, 1.165) is 24.1 Å². The molecule has 106 valence electrons. The number of benzene rings is 1. The number of hydrogen-bond donors (Lipinski definition) is 1. The molecule has 0 aliphatic heterocycles. The van der Waals surface area contributed by atoms with Gasteiger partial charge in [0.25, 0.3) is 0 Å². The van der Waals surface area contributed by atoms with Crippen LogP contribution in [0.1, 0.15) is 42.1 Å². The molecule has 0 saturated heterocycles. The van der Waals surface area contributed by atoms with Gasteiger partial charge >= 0.3 is 0 Å². The number of rotatable bonds is 4. The van der Waals surface area contributed by atoms with Crippen molar-refractivity contribution in [3.63, 3.8) is 0 Å². The molecule has 1 heterocycles. The van der Waals surface area contributed by atoms with Crippen molar-refractivity contribution in [3.05, 3.63) is 45.2 Å². The number of halogens is 2. The van der Waals surface area contributed by atoms with Gasteiger partial charge in [-0.3, -0.25) is 0 Å². The summed E-state index contributed by atoms with van der Waals surface area (Å²) in [6.07, 6.45) is 3.49. The van der Waals surface area contributed by atoms with Crippen molar-refractivity contribution in [2.45, 2.75) is 38.3 Å². The van der Waals surface area contributed by atoms with Crippen molar-refractivity contribution in [3.8, 4) is 0 Å². The minimum Gasteiger partial charge on any atom is -0.390 e. The van der Waals surface area contributed by atoms with Crippen LogP contribution in [0.15, 0.2) is 18.2 Å². The lowest BCUT2D eigenvalue weighted by molar-refractivity contribution is 0.271. The van der Waals surface area contributed by atoms with Crippen molar-refractivity contribution < 1.29 is 5.11 Å². The molecule has 0 amide bonds. The van der Waals surface area contributed by atoms with E-state index in [4.69, 9.17) is 23.2 Å². The highest BCUT2D eigenvalue weighted by atomic mass is 35.5. The number of nitrogens with zero attached hydrogens (tertiary/aromatic N) is 3. The lowest BCUT2D eigenvalue weighted by Gasteiger charge is -2.26. The van der Waals surface area contributed by atoms with Crippen LogP contribution >= 0.6 is 23.2 Å². The summed E-state index contributed by atoms with van der Waals surface area (Å²) in [5.74, 6) is 0.457. The second-order valence-corrected chi connectivity index (χ2v) is 5.94. The summed E-state index contributed by atoms with van der Waals surface area (Å²) in [6.45, 7) is 0.481. The van der Waals surface area contributed by atoms with Gasteiger partial charge in [0.2, 0.25) is 0 Å². The fourth-order valence-electron chi connectivity index (χ4n) is 2.53. The Hall–Kier alpha value is -1.10. The molecule has 0 bridgehead atoms. The third-order valence-corrected chi connectivity index (χ3v) is 4.41. The second kappa shape index (κ2) is 5.72. The molecule has 3 rings (SSSR count). The van der Waals surface area contributed by atoms with E-state index in [-0.39, 0.29) is 6.61 Å². The average molecular weight is 312 g/mol. The van der Waals surface area contributed by atoms with Crippen molar-refractivity contribution in [1.82, 2.24) is 15.0 Å². The van der Waals surface area contributed by atoms with Crippen LogP contribution in [0.3, 0.4) is 0 Å². The van der Waals surface area contributed by atoms with E-state index in [1.807, 2.05) is 16.8 Å². The van der Waals surface area contributed by atoms with Crippen molar-refractivity contribution in [1.29, 1.82) is 0 Å². The third kappa shape index (κ3) is 2.55. The molecular weight excluding hydrogens is 297 g/mol. The van der Waals surface area contributed by atoms with E-state index in [2.05, 4.69) is 10.3 Å². The summed E-state index contributed by atoms with van der Waals surface area (Å²) in [6, 6.07) is 5.44. The largest absolute Gasteiger partial charge is 0.390 e. The molecule has 1 aromatic heterocycles. The molecule has 1 N–H and O–H groups in total. The normalized spacial score (nSPS) is 15.3. The Balaban J connectivity index is 1.92. The van der Waals surface area contributed by atoms with Gasteiger partial charge in [-0.05, 0) is 30.5 Å². The first kappa shape index (κ1) is 13.9. The Morgan fingerprint density at radius 2 is 2.10 bits per heavy atom. The minimum absolute atomic E-state index is 0.0693. The van der Waals surface area contributed by atoms with E-state index in [0.29, 0.717) is 28.2 Å². The van der Waals surface area contributed by atoms with Crippen LogP contribution in [0.5, 0.6) is 0 Å². The number of aliphatic hydroxyl groups excluding tert-OH is 1. The highest BCUT2D eigenvalue weighted by Gasteiger charge is 2.27. The van der Waals surface area contributed by atoms with E-state index < -0.39 is 0 Å². The second-order valence-electron chi connectivity index (χ2n) is 5.10. The van der Waals surface area contributed by atoms with E-state index >= 15 is 0 Å². The van der Waals surface area contributed by atoms with Gasteiger partial charge in [-0.2, -0.15) is 0 Å². The summed E-state index contributed by atoms with van der Waals surface area (Å²) >= 11 is 12.1. The van der Waals surface area contributed by atoms with E-state index in [1.165, 1.54) is 6.42 Å². The first-order valence-corrected chi connectivity index (χ1v) is 7.41. The van der Waals surface area contributed by atoms with Crippen LogP contribution in [0.2, 0.25) is 10.0 Å². The SMILES string of the molecule is OCc1nnn(Cc2ccc(Cl)cc2Cl)c1C1CCC1. The molecule has 0 unspecified atom stereocenters. The number of aromatic nitrogens is 3. The van der Waals surface area contributed by atoms with Crippen LogP contribution in [-0.4, -0.2) is 20.1 Å². The highest BCUT2D eigenvalue weighted by molar-refractivity contribution is 6.35. The maximum atomic E-state index is 9.40. The number of hydrogen-bond acceptors (Lipinski definition) is 3. The first-order valence-electron chi connectivity index (χ1n) is 6.66. The summed E-state index contributed by atoms with van der Waals surface area (Å²) in [4.78, 5) is 0. The summed E-state index contributed by atoms with van der Waals surface area (Å²) < 4.78 is 1.85. The Labute approximate surface area is 127 Å². The van der Waals surface area contributed by atoms with Crippen molar-refractivity contribution in [2.24, 2.45) is 0 Å². The Kier molecular flexibility index (Phi) is 3.96. The zero-order valence-corrected chi connectivity index (χ0v) is 12.4. The lowest BCUT2D eigenvalue weighted by Crippen LogP contribution is -2.17. The van der Waals surface area contributed by atoms with Crippen LogP contribution in [0, 0.1) is 0 Å². The van der Waals surface area contributed by atoms with Crippen LogP contribution < -0.4 is 0 Å². The van der Waals surface area contributed by atoms with Crippen LogP contribution in [-0.2, 0) is 13.2 Å². The topological polar surface area (TPSA) is 50.9 Å². The van der Waals surface area contributed by atoms with E-state index in [1.54, 1.807) is 6.07 Å². The lowest BCUT2D eigenvalue weighted by atomic mass is 9.82. The molecule has 0 spiro atoms. The maximum Gasteiger partial charge on any atom is 0.112 e. The molecule has 1 aromatic carbocycles. The average Bonchev–Trinajstić information content (AvgIpc) is 2.74. The zero-order chi connectivity index (χ0) is 14.1. The molecule has 6 heteroatoms. The van der Waals surface area contributed by atoms with Gasteiger partial charge in [-0.25, -0.2) is 4.68 Å². The molecule has 2 aromatic rings. The van der Waals surface area contributed by atoms with Gasteiger partial charge in [0.15, 0.2) is 0 Å². The maximum absolute atomic E-state index is 9.40. The smallest absolute Gasteiger partial charge is 0.112 e. The quantitative estimate of drug-likeness (QED) is 0.941. The summed E-state index contributed by atoms with van der Waals surface area (Å²) in [7, 11) is 0. The minimum atomic E-state index is -0.0693. The fourth-order valence-corrected chi connectivity index (χ4v) is 2.99. The van der Waals surface area contributed by atoms with Crippen LogP contribution in [0.25, 0.3) is 0 Å². The van der Waals surface area contributed by atoms with Gasteiger partial charge in [0.1, 0.15) is 5.69 Å². The molecule has 4 nitrogen and oxygen atoms in total. The number of aliphatic hydroxyl groups is 1. The Bertz CT molecular complexity index is 623. The molecule has 0 atom stereocenters. The Morgan fingerprint density at radius 3 is 2.70 bits per heavy atom. The molecular formula is C14H15Cl2N3O. The standard InChI is InChI=1S/C14H15Cl2N3O/c15-11-5-4-10(12(16)6-11)7-19-14(9-2-1-3-9)13(8-20)17-18-19/h4-6,9,20H,1-3,7-8H2. The predicted molar refractivity (Wildman–Crippen MR) is 78.1 cm³/mol. The highest BCUT2D eigenvalue weighted by Crippen LogP contribution is 2.37. The van der Waals surface area contributed by atoms with Crippen LogP contribution in [0.4, 0.5) is 0 Å². The molecule has 20 heavy (non-hydrogen) atoms. The third-order valence-electron chi connectivity index (χ3n) is 3.82. The van der Waals surface area contributed by atoms with Gasteiger partial charge in [0, 0.05) is 16.0 Å². The summed E-state index contributed by atoms with van der Waals surface area (Å²) in [5, 5.41) is 18.9. The molecule has 0 radical (unpaired) electrons. The Morgan fingerprint density at radius 1 is 1.30 bits per heavy atom. The zero-order valence-electron chi connectivity index (χ0n) is 10.9. The summed E-state index contributed by atoms with van der Waals surface area (Å²) in [5.41, 5.74) is 2.68. The van der Waals surface area contributed by atoms with Crippen molar-refractivity contribution >= 4 is 23.2 Å². The molecule has 1 saturated carbocycles.